The van der Waals surface area contributed by atoms with Gasteiger partial charge in [0.1, 0.15) is 0 Å². The molecule has 4 rings (SSSR count). The van der Waals surface area contributed by atoms with E-state index in [4.69, 9.17) is 9.47 Å². The molecule has 1 aromatic rings. The molecule has 6 nitrogen and oxygen atoms in total. The zero-order valence-electron chi connectivity index (χ0n) is 14.6. The van der Waals surface area contributed by atoms with E-state index in [-0.39, 0.29) is 6.03 Å². The molecule has 1 unspecified atom stereocenters. The monoisotopic (exact) mass is 363 g/mol. The average molecular weight is 363 g/mol. The van der Waals surface area contributed by atoms with Gasteiger partial charge in [0, 0.05) is 50.3 Å². The summed E-state index contributed by atoms with van der Waals surface area (Å²) in [6.07, 6.45) is 0.976. The van der Waals surface area contributed by atoms with Gasteiger partial charge in [-0.1, -0.05) is 6.07 Å². The lowest BCUT2D eigenvalue weighted by atomic mass is 10.1. The second-order valence-electron chi connectivity index (χ2n) is 6.82. The lowest BCUT2D eigenvalue weighted by Gasteiger charge is -2.35. The molecule has 7 heteroatoms. The Balaban J connectivity index is 1.38. The third-order valence-electron chi connectivity index (χ3n) is 5.15. The first-order valence-electron chi connectivity index (χ1n) is 8.94. The van der Waals surface area contributed by atoms with Crippen LogP contribution < -0.4 is 9.47 Å². The van der Waals surface area contributed by atoms with Crippen LogP contribution in [0.1, 0.15) is 17.2 Å². The van der Waals surface area contributed by atoms with Gasteiger partial charge in [-0.15, -0.1) is 0 Å². The van der Waals surface area contributed by atoms with E-state index < -0.39 is 0 Å². The number of fused-ring (bicyclic) bond motifs is 1. The minimum absolute atomic E-state index is 0.208. The summed E-state index contributed by atoms with van der Waals surface area (Å²) < 4.78 is 10.9. The molecule has 3 aliphatic heterocycles. The maximum Gasteiger partial charge on any atom is 0.320 e. The molecule has 0 N–H and O–H groups in total. The topological polar surface area (TPSA) is 45.2 Å². The van der Waals surface area contributed by atoms with Crippen LogP contribution >= 0.6 is 11.8 Å². The summed E-state index contributed by atoms with van der Waals surface area (Å²) in [7, 11) is 2.11. The molecule has 0 radical (unpaired) electrons. The summed E-state index contributed by atoms with van der Waals surface area (Å²) in [6, 6.07) is 6.43. The highest BCUT2D eigenvalue weighted by Crippen LogP contribution is 2.40. The zero-order chi connectivity index (χ0) is 17.2. The normalized spacial score (nSPS) is 24.3. The number of nitrogens with zero attached hydrogens (tertiary/aromatic N) is 3. The van der Waals surface area contributed by atoms with Gasteiger partial charge in [-0.2, -0.15) is 11.8 Å². The fourth-order valence-electron chi connectivity index (χ4n) is 3.54. The molecule has 0 bridgehead atoms. The molecule has 0 spiro atoms. The van der Waals surface area contributed by atoms with Crippen molar-refractivity contribution in [1.29, 1.82) is 0 Å². The van der Waals surface area contributed by atoms with Crippen molar-refractivity contribution < 1.29 is 14.3 Å². The maximum atomic E-state index is 12.8. The summed E-state index contributed by atoms with van der Waals surface area (Å²) in [5, 5.41) is 0.403. The summed E-state index contributed by atoms with van der Waals surface area (Å²) in [4.78, 5) is 19.1. The van der Waals surface area contributed by atoms with Crippen molar-refractivity contribution in [3.8, 4) is 11.5 Å². The summed E-state index contributed by atoms with van der Waals surface area (Å²) >= 11 is 1.93. The Bertz CT molecular complexity index is 634. The van der Waals surface area contributed by atoms with Crippen molar-refractivity contribution in [2.24, 2.45) is 0 Å². The van der Waals surface area contributed by atoms with E-state index in [0.29, 0.717) is 12.0 Å². The van der Waals surface area contributed by atoms with E-state index in [1.54, 1.807) is 0 Å². The van der Waals surface area contributed by atoms with Crippen LogP contribution in [0.2, 0.25) is 0 Å². The third kappa shape index (κ3) is 3.67. The highest BCUT2D eigenvalue weighted by molar-refractivity contribution is 7.99. The number of carbonyl (C=O) groups is 1. The van der Waals surface area contributed by atoms with Crippen LogP contribution in [-0.2, 0) is 0 Å². The maximum absolute atomic E-state index is 12.8. The average Bonchev–Trinajstić information content (AvgIpc) is 2.96. The number of hydrogen-bond donors (Lipinski definition) is 0. The smallest absolute Gasteiger partial charge is 0.320 e. The van der Waals surface area contributed by atoms with Crippen molar-refractivity contribution >= 4 is 17.8 Å². The quantitative estimate of drug-likeness (QED) is 0.766. The molecule has 0 saturated carbocycles. The number of benzene rings is 1. The van der Waals surface area contributed by atoms with E-state index >= 15 is 0 Å². The number of carbonyl (C=O) groups excluding carboxylic acids is 1. The number of ether oxygens (including phenoxy) is 2. The number of amides is 2. The largest absolute Gasteiger partial charge is 0.454 e. The molecular weight excluding hydrogens is 338 g/mol. The van der Waals surface area contributed by atoms with Gasteiger partial charge < -0.3 is 24.2 Å². The Hall–Kier alpha value is -1.60. The van der Waals surface area contributed by atoms with Gasteiger partial charge in [0.2, 0.25) is 6.79 Å². The predicted octanol–water partition coefficient (Wildman–Crippen LogP) is 2.26. The van der Waals surface area contributed by atoms with Crippen LogP contribution in [0.15, 0.2) is 18.2 Å². The summed E-state index contributed by atoms with van der Waals surface area (Å²) in [5.41, 5.74) is 1.27. The molecule has 3 aliphatic rings. The predicted molar refractivity (Wildman–Crippen MR) is 98.4 cm³/mol. The molecule has 136 valence electrons. The lowest BCUT2D eigenvalue weighted by Crippen LogP contribution is -2.52. The fourth-order valence-corrected chi connectivity index (χ4v) is 4.76. The van der Waals surface area contributed by atoms with Crippen LogP contribution in [-0.4, -0.2) is 79.6 Å². The molecule has 1 aromatic carbocycles. The Morgan fingerprint density at radius 3 is 2.64 bits per heavy atom. The van der Waals surface area contributed by atoms with Crippen molar-refractivity contribution in [3.05, 3.63) is 23.8 Å². The first-order chi connectivity index (χ1) is 12.2. The number of thioether (sulfide) groups is 1. The van der Waals surface area contributed by atoms with Crippen LogP contribution in [0, 0.1) is 0 Å². The number of hydrogen-bond acceptors (Lipinski definition) is 5. The van der Waals surface area contributed by atoms with Crippen LogP contribution in [0.4, 0.5) is 4.79 Å². The Kier molecular flexibility index (Phi) is 4.94. The van der Waals surface area contributed by atoms with E-state index in [9.17, 15) is 4.79 Å². The van der Waals surface area contributed by atoms with Gasteiger partial charge in [0.15, 0.2) is 11.5 Å². The second-order valence-corrected chi connectivity index (χ2v) is 8.13. The standard InChI is InChI=1S/C18H25N3O3S/c1-19-6-8-21(9-7-19)18(22)20-5-4-17(25-11-10-20)14-2-3-15-16(12-14)24-13-23-15/h2-3,12,17H,4-11,13H2,1H3. The Morgan fingerprint density at radius 1 is 1.04 bits per heavy atom. The minimum atomic E-state index is 0.208. The first-order valence-corrected chi connectivity index (χ1v) is 9.99. The molecule has 2 fully saturated rings. The molecule has 1 atom stereocenters. The van der Waals surface area contributed by atoms with Gasteiger partial charge in [-0.25, -0.2) is 4.79 Å². The first kappa shape index (κ1) is 16.8. The third-order valence-corrected chi connectivity index (χ3v) is 6.48. The number of rotatable bonds is 1. The Morgan fingerprint density at radius 2 is 1.80 bits per heavy atom. The van der Waals surface area contributed by atoms with Gasteiger partial charge in [0.25, 0.3) is 0 Å². The van der Waals surface area contributed by atoms with Crippen molar-refractivity contribution in [2.45, 2.75) is 11.7 Å². The zero-order valence-corrected chi connectivity index (χ0v) is 15.5. The fraction of sp³-hybridized carbons (Fsp3) is 0.611. The summed E-state index contributed by atoms with van der Waals surface area (Å²) in [5.74, 6) is 2.64. The number of piperazine rings is 1. The molecule has 0 aromatic heterocycles. The van der Waals surface area contributed by atoms with E-state index in [2.05, 4.69) is 24.1 Å². The van der Waals surface area contributed by atoms with E-state index in [1.165, 1.54) is 5.56 Å². The van der Waals surface area contributed by atoms with Gasteiger partial charge in [-0.3, -0.25) is 0 Å². The Labute approximate surface area is 153 Å². The van der Waals surface area contributed by atoms with Crippen molar-refractivity contribution in [2.75, 3.05) is 58.9 Å². The number of urea groups is 1. The molecule has 2 saturated heterocycles. The van der Waals surface area contributed by atoms with Crippen molar-refractivity contribution in [1.82, 2.24) is 14.7 Å². The SMILES string of the molecule is CN1CCN(C(=O)N2CCSC(c3ccc4c(c3)OCO4)CC2)CC1. The highest BCUT2D eigenvalue weighted by atomic mass is 32.2. The van der Waals surface area contributed by atoms with Crippen LogP contribution in [0.5, 0.6) is 11.5 Å². The molecule has 25 heavy (non-hydrogen) atoms. The van der Waals surface area contributed by atoms with Gasteiger partial charge in [0.05, 0.1) is 0 Å². The van der Waals surface area contributed by atoms with E-state index in [0.717, 1.165) is 62.9 Å². The highest BCUT2D eigenvalue weighted by Gasteiger charge is 2.27. The van der Waals surface area contributed by atoms with Gasteiger partial charge >= 0.3 is 6.03 Å². The second kappa shape index (κ2) is 7.33. The van der Waals surface area contributed by atoms with E-state index in [1.807, 2.05) is 27.6 Å². The van der Waals surface area contributed by atoms with Gasteiger partial charge in [-0.05, 0) is 31.2 Å². The lowest BCUT2D eigenvalue weighted by molar-refractivity contribution is 0.124. The molecular formula is C18H25N3O3S. The molecule has 0 aliphatic carbocycles. The molecule has 2 amide bonds. The molecule has 3 heterocycles. The van der Waals surface area contributed by atoms with Crippen LogP contribution in [0.25, 0.3) is 0 Å². The van der Waals surface area contributed by atoms with Crippen LogP contribution in [0.3, 0.4) is 0 Å². The van der Waals surface area contributed by atoms with Crippen molar-refractivity contribution in [3.63, 3.8) is 0 Å². The number of likely N-dealkylation sites (N-methyl/N-ethyl adjacent to an activating group) is 1. The summed E-state index contributed by atoms with van der Waals surface area (Å²) in [6.45, 7) is 5.56. The minimum Gasteiger partial charge on any atom is -0.454 e.